The van der Waals surface area contributed by atoms with Crippen LogP contribution < -0.4 is 0 Å². The second kappa shape index (κ2) is 11.6. The highest BCUT2D eigenvalue weighted by molar-refractivity contribution is 5.55. The third kappa shape index (κ3) is 7.12. The van der Waals surface area contributed by atoms with Crippen LogP contribution in [0.2, 0.25) is 0 Å². The molecule has 0 spiro atoms. The van der Waals surface area contributed by atoms with Crippen LogP contribution in [0.25, 0.3) is 0 Å². The molecule has 0 unspecified atom stereocenters. The van der Waals surface area contributed by atoms with Gasteiger partial charge in [-0.15, -0.1) is 0 Å². The molecule has 0 fully saturated rings. The zero-order chi connectivity index (χ0) is 16.0. The average Bonchev–Trinajstić information content (AvgIpc) is 2.54. The first kappa shape index (κ1) is 18.0. The number of unbranched alkanes of at least 4 members (excludes halogenated alkanes) is 6. The van der Waals surface area contributed by atoms with Crippen LogP contribution in [0.4, 0.5) is 5.69 Å². The number of aliphatic imine (C=N–C) groups is 2. The molecule has 0 aliphatic heterocycles. The van der Waals surface area contributed by atoms with Gasteiger partial charge in [0.1, 0.15) is 0 Å². The zero-order valence-corrected chi connectivity index (χ0v) is 13.3. The molecular formula is C18H24N2O2. The predicted octanol–water partition coefficient (Wildman–Crippen LogP) is 4.78. The molecule has 0 heterocycles. The molecule has 4 heteroatoms. The molecule has 1 aromatic rings. The van der Waals surface area contributed by atoms with Crippen molar-refractivity contribution in [3.8, 4) is 0 Å². The SMILES string of the molecule is CCCCCCCCCc1ccc(CN=C=O)cc1N=C=O. The lowest BCUT2D eigenvalue weighted by Gasteiger charge is -2.06. The van der Waals surface area contributed by atoms with Gasteiger partial charge in [-0.05, 0) is 30.0 Å². The van der Waals surface area contributed by atoms with Gasteiger partial charge < -0.3 is 0 Å². The number of isocyanates is 2. The van der Waals surface area contributed by atoms with Crippen LogP contribution in [0.5, 0.6) is 0 Å². The van der Waals surface area contributed by atoms with Crippen LogP contribution in [0, 0.1) is 0 Å². The fourth-order valence-corrected chi connectivity index (χ4v) is 2.47. The van der Waals surface area contributed by atoms with Gasteiger partial charge in [0.25, 0.3) is 0 Å². The molecular weight excluding hydrogens is 276 g/mol. The van der Waals surface area contributed by atoms with Crippen molar-refractivity contribution in [1.82, 2.24) is 0 Å². The van der Waals surface area contributed by atoms with E-state index >= 15 is 0 Å². The van der Waals surface area contributed by atoms with Gasteiger partial charge in [0, 0.05) is 0 Å². The molecule has 0 amide bonds. The van der Waals surface area contributed by atoms with Gasteiger partial charge in [0.15, 0.2) is 0 Å². The highest BCUT2D eigenvalue weighted by Gasteiger charge is 2.04. The minimum absolute atomic E-state index is 0.266. The molecule has 0 atom stereocenters. The Morgan fingerprint density at radius 2 is 1.68 bits per heavy atom. The Morgan fingerprint density at radius 3 is 2.36 bits per heavy atom. The molecule has 1 rings (SSSR count). The number of hydrogen-bond donors (Lipinski definition) is 0. The predicted molar refractivity (Wildman–Crippen MR) is 87.7 cm³/mol. The quantitative estimate of drug-likeness (QED) is 0.335. The van der Waals surface area contributed by atoms with Gasteiger partial charge in [0.2, 0.25) is 12.2 Å². The lowest BCUT2D eigenvalue weighted by atomic mass is 10.0. The standard InChI is InChI=1S/C18H24N2O2/c1-2-3-4-5-6-7-8-9-17-11-10-16(13-19-14-21)12-18(17)20-15-22/h10-12H,2-9,13H2,1H3. The second-order valence-electron chi connectivity index (χ2n) is 5.44. The number of aryl methyl sites for hydroxylation is 1. The van der Waals surface area contributed by atoms with E-state index in [-0.39, 0.29) is 6.54 Å². The summed E-state index contributed by atoms with van der Waals surface area (Å²) in [4.78, 5) is 28.0. The Hall–Kier alpha value is -2.02. The first-order valence-electron chi connectivity index (χ1n) is 8.05. The van der Waals surface area contributed by atoms with E-state index in [1.807, 2.05) is 12.1 Å². The fraction of sp³-hybridized carbons (Fsp3) is 0.556. The van der Waals surface area contributed by atoms with Gasteiger partial charge >= 0.3 is 0 Å². The van der Waals surface area contributed by atoms with E-state index in [0.717, 1.165) is 24.0 Å². The lowest BCUT2D eigenvalue weighted by molar-refractivity contribution is 0.562. The van der Waals surface area contributed by atoms with Gasteiger partial charge in [-0.1, -0.05) is 57.6 Å². The average molecular weight is 300 g/mol. The number of benzene rings is 1. The maximum Gasteiger partial charge on any atom is 0.240 e. The highest BCUT2D eigenvalue weighted by Crippen LogP contribution is 2.23. The van der Waals surface area contributed by atoms with E-state index in [9.17, 15) is 9.59 Å². The summed E-state index contributed by atoms with van der Waals surface area (Å²) in [7, 11) is 0. The largest absolute Gasteiger partial charge is 0.240 e. The van der Waals surface area contributed by atoms with Crippen molar-refractivity contribution < 1.29 is 9.59 Å². The van der Waals surface area contributed by atoms with Gasteiger partial charge in [-0.2, -0.15) is 4.99 Å². The van der Waals surface area contributed by atoms with Crippen molar-refractivity contribution in [2.75, 3.05) is 0 Å². The van der Waals surface area contributed by atoms with E-state index in [2.05, 4.69) is 16.9 Å². The maximum atomic E-state index is 10.6. The summed E-state index contributed by atoms with van der Waals surface area (Å²) in [6, 6.07) is 5.67. The van der Waals surface area contributed by atoms with E-state index < -0.39 is 0 Å². The summed E-state index contributed by atoms with van der Waals surface area (Å²) in [5.74, 6) is 0. The van der Waals surface area contributed by atoms with Crippen LogP contribution in [-0.4, -0.2) is 12.2 Å². The first-order valence-corrected chi connectivity index (χ1v) is 8.05. The number of nitrogens with zero attached hydrogens (tertiary/aromatic N) is 2. The summed E-state index contributed by atoms with van der Waals surface area (Å²) in [5, 5.41) is 0. The molecule has 0 saturated heterocycles. The molecule has 0 aromatic heterocycles. The van der Waals surface area contributed by atoms with Crippen molar-refractivity contribution >= 4 is 17.8 Å². The molecule has 118 valence electrons. The second-order valence-corrected chi connectivity index (χ2v) is 5.44. The molecule has 0 saturated carbocycles. The minimum Gasteiger partial charge on any atom is -0.211 e. The van der Waals surface area contributed by atoms with Crippen molar-refractivity contribution in [3.63, 3.8) is 0 Å². The molecule has 4 nitrogen and oxygen atoms in total. The Balaban J connectivity index is 2.51. The van der Waals surface area contributed by atoms with E-state index in [1.165, 1.54) is 44.6 Å². The van der Waals surface area contributed by atoms with Gasteiger partial charge in [0.05, 0.1) is 12.2 Å². The Labute approximate surface area is 132 Å². The number of carbonyl (C=O) groups excluding carboxylic acids is 2. The molecule has 0 N–H and O–H groups in total. The minimum atomic E-state index is 0.266. The Kier molecular flexibility index (Phi) is 9.52. The Morgan fingerprint density at radius 1 is 0.955 bits per heavy atom. The summed E-state index contributed by atoms with van der Waals surface area (Å²) in [5.41, 5.74) is 2.54. The van der Waals surface area contributed by atoms with Crippen molar-refractivity contribution in [3.05, 3.63) is 29.3 Å². The summed E-state index contributed by atoms with van der Waals surface area (Å²) < 4.78 is 0. The van der Waals surface area contributed by atoms with Crippen molar-refractivity contribution in [2.24, 2.45) is 9.98 Å². The molecule has 0 aliphatic carbocycles. The zero-order valence-electron chi connectivity index (χ0n) is 13.3. The van der Waals surface area contributed by atoms with Crippen LogP contribution in [-0.2, 0) is 22.6 Å². The monoisotopic (exact) mass is 300 g/mol. The van der Waals surface area contributed by atoms with Crippen molar-refractivity contribution in [2.45, 2.75) is 64.8 Å². The lowest BCUT2D eigenvalue weighted by Crippen LogP contribution is -1.90. The van der Waals surface area contributed by atoms with E-state index in [0.29, 0.717) is 5.69 Å². The summed E-state index contributed by atoms with van der Waals surface area (Å²) in [6.45, 7) is 2.49. The van der Waals surface area contributed by atoms with E-state index in [1.54, 1.807) is 12.1 Å². The molecule has 1 aromatic carbocycles. The van der Waals surface area contributed by atoms with Crippen LogP contribution in [0.3, 0.4) is 0 Å². The van der Waals surface area contributed by atoms with Crippen LogP contribution >= 0.6 is 0 Å². The third-order valence-electron chi connectivity index (χ3n) is 3.69. The smallest absolute Gasteiger partial charge is 0.211 e. The topological polar surface area (TPSA) is 58.9 Å². The van der Waals surface area contributed by atoms with Crippen molar-refractivity contribution in [1.29, 1.82) is 0 Å². The normalized spacial score (nSPS) is 9.86. The summed E-state index contributed by atoms with van der Waals surface area (Å²) >= 11 is 0. The number of rotatable bonds is 11. The van der Waals surface area contributed by atoms with Gasteiger partial charge in [-0.3, -0.25) is 0 Å². The fourth-order valence-electron chi connectivity index (χ4n) is 2.47. The molecule has 0 radical (unpaired) electrons. The van der Waals surface area contributed by atoms with Crippen LogP contribution in [0.15, 0.2) is 28.2 Å². The van der Waals surface area contributed by atoms with Gasteiger partial charge in [-0.25, -0.2) is 14.6 Å². The van der Waals surface area contributed by atoms with E-state index in [4.69, 9.17) is 0 Å². The Bertz CT molecular complexity index is 542. The maximum absolute atomic E-state index is 10.6. The van der Waals surface area contributed by atoms with Crippen LogP contribution in [0.1, 0.15) is 63.0 Å². The highest BCUT2D eigenvalue weighted by atomic mass is 16.1. The molecule has 0 bridgehead atoms. The molecule has 22 heavy (non-hydrogen) atoms. The third-order valence-corrected chi connectivity index (χ3v) is 3.69. The first-order chi connectivity index (χ1) is 10.8. The molecule has 0 aliphatic rings. The summed E-state index contributed by atoms with van der Waals surface area (Å²) in [6.07, 6.45) is 12.8. The number of hydrogen-bond acceptors (Lipinski definition) is 4.